The van der Waals surface area contributed by atoms with E-state index in [9.17, 15) is 9.59 Å². The fraction of sp³-hybridized carbons (Fsp3) is 0.296. The van der Waals surface area contributed by atoms with E-state index in [1.165, 1.54) is 7.11 Å². The second kappa shape index (κ2) is 13.5. The standard InChI is InChI=1S/C27H32N4O4S/c1-18(25(32)30-16-19-7-6-10-21(15-19)27(33)34-2)35-26-24(29-14-13-22(28)17-36)12-11-23(31-26)20-8-4-3-5-9-20/h3-12,15,18,22,29,36H,13-14,16-17,28H2,1-2H3,(H,30,32). The summed E-state index contributed by atoms with van der Waals surface area (Å²) < 4.78 is 10.8. The highest BCUT2D eigenvalue weighted by molar-refractivity contribution is 7.80. The molecule has 3 rings (SSSR count). The number of hydrogen-bond donors (Lipinski definition) is 4. The Bertz CT molecular complexity index is 1160. The molecule has 9 heteroatoms. The van der Waals surface area contributed by atoms with Gasteiger partial charge in [-0.15, -0.1) is 0 Å². The quantitative estimate of drug-likeness (QED) is 0.218. The van der Waals surface area contributed by atoms with Crippen LogP contribution in [0.2, 0.25) is 0 Å². The molecular formula is C27H32N4O4S. The Labute approximate surface area is 217 Å². The fourth-order valence-corrected chi connectivity index (χ4v) is 3.58. The van der Waals surface area contributed by atoms with Crippen molar-refractivity contribution in [2.24, 2.45) is 5.73 Å². The third kappa shape index (κ3) is 7.73. The molecular weight excluding hydrogens is 476 g/mol. The number of amides is 1. The van der Waals surface area contributed by atoms with Gasteiger partial charge in [0.05, 0.1) is 24.1 Å². The maximum atomic E-state index is 12.8. The van der Waals surface area contributed by atoms with Crippen molar-refractivity contribution in [3.63, 3.8) is 0 Å². The summed E-state index contributed by atoms with van der Waals surface area (Å²) in [5.74, 6) is 0.176. The zero-order valence-corrected chi connectivity index (χ0v) is 21.3. The van der Waals surface area contributed by atoms with Crippen molar-refractivity contribution in [1.82, 2.24) is 10.3 Å². The van der Waals surface area contributed by atoms with Crippen molar-refractivity contribution in [1.29, 1.82) is 0 Å². The van der Waals surface area contributed by atoms with E-state index in [2.05, 4.69) is 28.2 Å². The van der Waals surface area contributed by atoms with E-state index in [1.54, 1.807) is 25.1 Å². The van der Waals surface area contributed by atoms with Gasteiger partial charge in [0.2, 0.25) is 5.88 Å². The maximum absolute atomic E-state index is 12.8. The molecule has 2 unspecified atom stereocenters. The SMILES string of the molecule is COC(=O)c1cccc(CNC(=O)C(C)Oc2nc(-c3ccccc3)ccc2NCCC(N)CS)c1. The van der Waals surface area contributed by atoms with Gasteiger partial charge in [0.1, 0.15) is 0 Å². The summed E-state index contributed by atoms with van der Waals surface area (Å²) in [6.07, 6.45) is -0.0862. The molecule has 1 aromatic heterocycles. The van der Waals surface area contributed by atoms with E-state index in [-0.39, 0.29) is 18.5 Å². The van der Waals surface area contributed by atoms with Crippen LogP contribution in [-0.2, 0) is 16.1 Å². The first kappa shape index (κ1) is 27.0. The molecule has 2 aromatic carbocycles. The van der Waals surface area contributed by atoms with Crippen LogP contribution >= 0.6 is 12.6 Å². The van der Waals surface area contributed by atoms with Crippen LogP contribution in [0.1, 0.15) is 29.3 Å². The highest BCUT2D eigenvalue weighted by Gasteiger charge is 2.19. The lowest BCUT2D eigenvalue weighted by Gasteiger charge is -2.19. The Hall–Kier alpha value is -3.56. The highest BCUT2D eigenvalue weighted by Crippen LogP contribution is 2.28. The molecule has 0 saturated heterocycles. The topological polar surface area (TPSA) is 116 Å². The number of ether oxygens (including phenoxy) is 2. The second-order valence-corrected chi connectivity index (χ2v) is 8.61. The minimum Gasteiger partial charge on any atom is -0.465 e. The number of anilines is 1. The molecule has 2 atom stereocenters. The van der Waals surface area contributed by atoms with Crippen LogP contribution < -0.4 is 21.1 Å². The third-order valence-corrected chi connectivity index (χ3v) is 5.94. The van der Waals surface area contributed by atoms with E-state index in [0.29, 0.717) is 29.4 Å². The van der Waals surface area contributed by atoms with Crippen LogP contribution in [0, 0.1) is 0 Å². The van der Waals surface area contributed by atoms with E-state index in [0.717, 1.165) is 23.2 Å². The minimum atomic E-state index is -0.812. The van der Waals surface area contributed by atoms with Crippen LogP contribution in [0.25, 0.3) is 11.3 Å². The summed E-state index contributed by atoms with van der Waals surface area (Å²) in [7, 11) is 1.33. The van der Waals surface area contributed by atoms with Gasteiger partial charge in [-0.3, -0.25) is 4.79 Å². The number of pyridine rings is 1. The van der Waals surface area contributed by atoms with Crippen molar-refractivity contribution in [2.75, 3.05) is 24.7 Å². The number of carbonyl (C=O) groups excluding carboxylic acids is 2. The maximum Gasteiger partial charge on any atom is 0.337 e. The summed E-state index contributed by atoms with van der Waals surface area (Å²) >= 11 is 4.23. The van der Waals surface area contributed by atoms with E-state index < -0.39 is 12.1 Å². The van der Waals surface area contributed by atoms with Gasteiger partial charge in [-0.25, -0.2) is 9.78 Å². The molecule has 8 nitrogen and oxygen atoms in total. The number of nitrogens with zero attached hydrogens (tertiary/aromatic N) is 1. The average Bonchev–Trinajstić information content (AvgIpc) is 2.92. The first-order chi connectivity index (χ1) is 17.4. The summed E-state index contributed by atoms with van der Waals surface area (Å²) in [5, 5.41) is 6.15. The van der Waals surface area contributed by atoms with E-state index in [1.807, 2.05) is 48.5 Å². The average molecular weight is 509 g/mol. The number of methoxy groups -OCH3 is 1. The lowest BCUT2D eigenvalue weighted by Crippen LogP contribution is -2.36. The molecule has 190 valence electrons. The smallest absolute Gasteiger partial charge is 0.337 e. The zero-order valence-electron chi connectivity index (χ0n) is 20.4. The number of aromatic nitrogens is 1. The van der Waals surface area contributed by atoms with Gasteiger partial charge in [0.25, 0.3) is 5.91 Å². The molecule has 0 saturated carbocycles. The predicted octanol–water partition coefficient (Wildman–Crippen LogP) is 3.68. The molecule has 36 heavy (non-hydrogen) atoms. The predicted molar refractivity (Wildman–Crippen MR) is 144 cm³/mol. The van der Waals surface area contributed by atoms with Crippen LogP contribution in [0.3, 0.4) is 0 Å². The lowest BCUT2D eigenvalue weighted by atomic mass is 10.1. The Morgan fingerprint density at radius 2 is 1.86 bits per heavy atom. The number of nitrogens with one attached hydrogen (secondary N) is 2. The number of benzene rings is 2. The lowest BCUT2D eigenvalue weighted by molar-refractivity contribution is -0.127. The summed E-state index contributed by atoms with van der Waals surface area (Å²) in [5.41, 5.74) is 9.50. The Balaban J connectivity index is 1.71. The Morgan fingerprint density at radius 1 is 1.08 bits per heavy atom. The van der Waals surface area contributed by atoms with Crippen molar-refractivity contribution < 1.29 is 19.1 Å². The van der Waals surface area contributed by atoms with Crippen molar-refractivity contribution in [2.45, 2.75) is 32.0 Å². The number of nitrogens with two attached hydrogens (primary N) is 1. The monoisotopic (exact) mass is 508 g/mol. The van der Waals surface area contributed by atoms with E-state index >= 15 is 0 Å². The normalized spacial score (nSPS) is 12.3. The second-order valence-electron chi connectivity index (χ2n) is 8.24. The van der Waals surface area contributed by atoms with Gasteiger partial charge in [-0.2, -0.15) is 12.6 Å². The Morgan fingerprint density at radius 3 is 2.58 bits per heavy atom. The summed E-state index contributed by atoms with van der Waals surface area (Å²) in [6, 6.07) is 20.4. The molecule has 0 aliphatic rings. The van der Waals surface area contributed by atoms with Gasteiger partial charge in [0.15, 0.2) is 6.10 Å². The number of rotatable bonds is 12. The summed E-state index contributed by atoms with van der Waals surface area (Å²) in [6.45, 7) is 2.51. The number of carbonyl (C=O) groups is 2. The van der Waals surface area contributed by atoms with Gasteiger partial charge < -0.3 is 25.8 Å². The minimum absolute atomic E-state index is 0.0239. The molecule has 4 N–H and O–H groups in total. The Kier molecular flexibility index (Phi) is 10.1. The molecule has 0 aliphatic carbocycles. The molecule has 0 radical (unpaired) electrons. The third-order valence-electron chi connectivity index (χ3n) is 5.47. The molecule has 0 fully saturated rings. The first-order valence-electron chi connectivity index (χ1n) is 11.7. The van der Waals surface area contributed by atoms with Crippen molar-refractivity contribution >= 4 is 30.2 Å². The number of hydrogen-bond acceptors (Lipinski definition) is 8. The van der Waals surface area contributed by atoms with Gasteiger partial charge in [-0.1, -0.05) is 42.5 Å². The van der Waals surface area contributed by atoms with Crippen molar-refractivity contribution in [3.05, 3.63) is 77.9 Å². The van der Waals surface area contributed by atoms with Gasteiger partial charge in [0, 0.05) is 30.4 Å². The van der Waals surface area contributed by atoms with Crippen LogP contribution in [0.5, 0.6) is 5.88 Å². The summed E-state index contributed by atoms with van der Waals surface area (Å²) in [4.78, 5) is 29.2. The van der Waals surface area contributed by atoms with Gasteiger partial charge >= 0.3 is 5.97 Å². The number of esters is 1. The molecule has 3 aromatic rings. The van der Waals surface area contributed by atoms with Gasteiger partial charge in [-0.05, 0) is 43.2 Å². The molecule has 0 aliphatic heterocycles. The molecule has 0 spiro atoms. The van der Waals surface area contributed by atoms with Crippen LogP contribution in [0.4, 0.5) is 5.69 Å². The number of thiol groups is 1. The molecule has 1 heterocycles. The first-order valence-corrected chi connectivity index (χ1v) is 12.3. The molecule has 1 amide bonds. The fourth-order valence-electron chi connectivity index (χ4n) is 3.40. The molecule has 0 bridgehead atoms. The van der Waals surface area contributed by atoms with Crippen LogP contribution in [-0.4, -0.2) is 48.4 Å². The van der Waals surface area contributed by atoms with Crippen LogP contribution in [0.15, 0.2) is 66.7 Å². The van der Waals surface area contributed by atoms with Crippen molar-refractivity contribution in [3.8, 4) is 17.1 Å². The zero-order chi connectivity index (χ0) is 25.9. The van der Waals surface area contributed by atoms with E-state index in [4.69, 9.17) is 15.2 Å². The largest absolute Gasteiger partial charge is 0.465 e. The highest BCUT2D eigenvalue weighted by atomic mass is 32.1.